The molecule has 0 aromatic heterocycles. The van der Waals surface area contributed by atoms with Crippen LogP contribution in [0.1, 0.15) is 6.92 Å². The van der Waals surface area contributed by atoms with E-state index in [2.05, 4.69) is 26.3 Å². The molecule has 5 N–H and O–H groups in total. The highest BCUT2D eigenvalue weighted by Gasteiger charge is 2.02. The van der Waals surface area contributed by atoms with Crippen LogP contribution in [0.25, 0.3) is 0 Å². The minimum atomic E-state index is -3.90. The van der Waals surface area contributed by atoms with Crippen molar-refractivity contribution < 1.29 is 53.3 Å². The molecule has 0 unspecified atom stereocenters. The Labute approximate surface area is 159 Å². The summed E-state index contributed by atoms with van der Waals surface area (Å²) in [4.78, 5) is 15.6. The van der Waals surface area contributed by atoms with Crippen LogP contribution < -0.4 is 0 Å². The van der Waals surface area contributed by atoms with Crippen molar-refractivity contribution in [1.29, 1.82) is 0 Å². The largest absolute Gasteiger partial charge is 0.348 e. The Bertz CT molecular complexity index is 819. The lowest BCUT2D eigenvalue weighted by molar-refractivity contribution is 0.386. The molecule has 0 saturated heterocycles. The second-order valence-corrected chi connectivity index (χ2v) is 10.0. The Morgan fingerprint density at radius 2 is 1.22 bits per heavy atom. The van der Waals surface area contributed by atoms with Gasteiger partial charge in [-0.1, -0.05) is 31.4 Å². The van der Waals surface area contributed by atoms with E-state index >= 15 is 0 Å². The molecular formula is C11H23O12PS3. The summed E-state index contributed by atoms with van der Waals surface area (Å²) >= 11 is 0. The van der Waals surface area contributed by atoms with Gasteiger partial charge in [0.2, 0.25) is 0 Å². The molecule has 0 aliphatic rings. The molecule has 0 spiro atoms. The van der Waals surface area contributed by atoms with Gasteiger partial charge >= 0.3 is 7.60 Å². The number of rotatable bonds is 6. The van der Waals surface area contributed by atoms with E-state index in [0.29, 0.717) is 16.8 Å². The minimum Gasteiger partial charge on any atom is -0.321 e. The van der Waals surface area contributed by atoms with Gasteiger partial charge in [-0.15, -0.1) is 6.58 Å². The summed E-state index contributed by atoms with van der Waals surface area (Å²) in [7, 11) is -15.4. The van der Waals surface area contributed by atoms with Gasteiger partial charge in [0.05, 0.1) is 16.9 Å². The number of hydrogen-bond acceptors (Lipinski definition) is 7. The van der Waals surface area contributed by atoms with Crippen LogP contribution in [0.5, 0.6) is 0 Å². The van der Waals surface area contributed by atoms with E-state index < -0.39 is 38.0 Å². The van der Waals surface area contributed by atoms with Gasteiger partial charge in [0.15, 0.2) is 0 Å². The first-order valence-corrected chi connectivity index (χ1v) is 12.4. The van der Waals surface area contributed by atoms with Crippen LogP contribution in [0.4, 0.5) is 0 Å². The van der Waals surface area contributed by atoms with Crippen LogP contribution in [0.15, 0.2) is 49.2 Å². The summed E-state index contributed by atoms with van der Waals surface area (Å²) in [6, 6.07) is 0. The van der Waals surface area contributed by atoms with E-state index in [4.69, 9.17) is 23.4 Å². The molecule has 0 aromatic carbocycles. The molecule has 0 atom stereocenters. The van der Waals surface area contributed by atoms with E-state index in [0.717, 1.165) is 6.08 Å². The highest BCUT2D eigenvalue weighted by atomic mass is 32.2. The molecule has 0 aromatic rings. The predicted octanol–water partition coefficient (Wildman–Crippen LogP) is 0.836. The first-order chi connectivity index (χ1) is 11.6. The Morgan fingerprint density at radius 3 is 1.22 bits per heavy atom. The third-order valence-corrected chi connectivity index (χ3v) is 3.62. The zero-order chi connectivity index (χ0) is 23.1. The highest BCUT2D eigenvalue weighted by molar-refractivity contribution is 7.88. The zero-order valence-corrected chi connectivity index (χ0v) is 17.6. The Balaban J connectivity index is -0.000000132. The lowest BCUT2D eigenvalue weighted by Crippen LogP contribution is -2.03. The maximum Gasteiger partial charge on any atom is 0.348 e. The molecule has 0 aliphatic heterocycles. The smallest absolute Gasteiger partial charge is 0.321 e. The van der Waals surface area contributed by atoms with E-state index in [1.54, 1.807) is 0 Å². The lowest BCUT2D eigenvalue weighted by atomic mass is 10.4. The molecule has 0 rings (SSSR count). The van der Waals surface area contributed by atoms with Crippen LogP contribution in [0.3, 0.4) is 0 Å². The van der Waals surface area contributed by atoms with Crippen molar-refractivity contribution in [2.24, 2.45) is 0 Å². The average Bonchev–Trinajstić information content (AvgIpc) is 2.34. The summed E-state index contributed by atoms with van der Waals surface area (Å²) in [5.41, 5.74) is 0.438. The molecule has 27 heavy (non-hydrogen) atoms. The third-order valence-electron chi connectivity index (χ3n) is 1.21. The van der Waals surface area contributed by atoms with Crippen LogP contribution in [-0.2, 0) is 34.9 Å². The fraction of sp³-hybridized carbons (Fsp3) is 0.273. The second kappa shape index (κ2) is 14.8. The van der Waals surface area contributed by atoms with Gasteiger partial charge in [-0.3, -0.25) is 18.2 Å². The molecule has 0 radical (unpaired) electrons. The molecule has 0 aliphatic carbocycles. The molecule has 0 bridgehead atoms. The van der Waals surface area contributed by atoms with Crippen molar-refractivity contribution >= 4 is 38.0 Å². The quantitative estimate of drug-likeness (QED) is 0.205. The highest BCUT2D eigenvalue weighted by Crippen LogP contribution is 2.34. The van der Waals surface area contributed by atoms with Crippen LogP contribution in [-0.4, -0.2) is 60.2 Å². The van der Waals surface area contributed by atoms with Crippen LogP contribution in [0, 0.1) is 0 Å². The second-order valence-electron chi connectivity index (χ2n) is 4.17. The third kappa shape index (κ3) is 67.7. The lowest BCUT2D eigenvalue weighted by Gasteiger charge is -1.90. The first-order valence-electron chi connectivity index (χ1n) is 6.04. The summed E-state index contributed by atoms with van der Waals surface area (Å²) in [5.74, 6) is -0.104. The summed E-state index contributed by atoms with van der Waals surface area (Å²) in [6.07, 6.45) is 1.12. The molecule has 0 heterocycles. The van der Waals surface area contributed by atoms with Crippen LogP contribution in [0.2, 0.25) is 0 Å². The van der Waals surface area contributed by atoms with Gasteiger partial charge in [0.1, 0.15) is 0 Å². The minimum absolute atomic E-state index is 0.340. The molecule has 162 valence electrons. The van der Waals surface area contributed by atoms with Gasteiger partial charge in [-0.25, -0.2) is 0 Å². The summed E-state index contributed by atoms with van der Waals surface area (Å²) < 4.78 is 91.5. The summed E-state index contributed by atoms with van der Waals surface area (Å²) in [5, 5.41) is 0.465. The van der Waals surface area contributed by atoms with E-state index in [1.807, 2.05) is 0 Å². The van der Waals surface area contributed by atoms with E-state index in [1.165, 1.54) is 6.92 Å². The fourth-order valence-electron chi connectivity index (χ4n) is 0.460. The Morgan fingerprint density at radius 1 is 0.926 bits per heavy atom. The number of hydrogen-bond donors (Lipinski definition) is 5. The Kier molecular flexibility index (Phi) is 18.4. The van der Waals surface area contributed by atoms with Crippen molar-refractivity contribution in [3.05, 3.63) is 49.2 Å². The average molecular weight is 474 g/mol. The van der Waals surface area contributed by atoms with Gasteiger partial charge in [-0.2, -0.15) is 25.3 Å². The van der Waals surface area contributed by atoms with Crippen molar-refractivity contribution in [2.75, 3.05) is 11.5 Å². The predicted molar refractivity (Wildman–Crippen MR) is 102 cm³/mol. The summed E-state index contributed by atoms with van der Waals surface area (Å²) in [6.45, 7) is 13.6. The molecule has 12 nitrogen and oxygen atoms in total. The molecular weight excluding hydrogens is 451 g/mol. The van der Waals surface area contributed by atoms with E-state index in [-0.39, 0.29) is 11.5 Å². The van der Waals surface area contributed by atoms with Gasteiger partial charge in [-0.05, 0) is 6.92 Å². The van der Waals surface area contributed by atoms with Crippen molar-refractivity contribution in [3.63, 3.8) is 0 Å². The maximum atomic E-state index is 9.94. The Hall–Kier alpha value is -1.16. The van der Waals surface area contributed by atoms with Crippen molar-refractivity contribution in [2.45, 2.75) is 6.92 Å². The molecule has 0 fully saturated rings. The fourth-order valence-corrected chi connectivity index (χ4v) is 1.38. The molecule has 0 amide bonds. The van der Waals surface area contributed by atoms with Gasteiger partial charge in [0.25, 0.3) is 30.4 Å². The van der Waals surface area contributed by atoms with Crippen molar-refractivity contribution in [1.82, 2.24) is 0 Å². The topological polar surface area (TPSA) is 221 Å². The van der Waals surface area contributed by atoms with Gasteiger partial charge in [0, 0.05) is 5.82 Å². The van der Waals surface area contributed by atoms with Gasteiger partial charge < -0.3 is 9.79 Å². The monoisotopic (exact) mass is 474 g/mol. The standard InChI is InChI=1S/C4H8O3S.C3H6O3S.C2H5O3P.C2H4O3S/c1-4(2)3-8(5,6)7;1-2-3-7(4,5)6;2*1-2-6(3,4)5/h1,3H2,2H3,(H,5,6,7);2H,1,3H2,(H,4,5,6);2H,1H2,(H2,3,4,5);2H,1H2,(H,3,4,5). The zero-order valence-electron chi connectivity index (χ0n) is 14.2. The molecule has 16 heteroatoms. The SMILES string of the molecule is C=C(C)CS(=O)(=O)O.C=CCS(=O)(=O)O.C=CP(=O)(O)O.C=CS(=O)(=O)O. The molecule has 0 saturated carbocycles. The van der Waals surface area contributed by atoms with Crippen molar-refractivity contribution in [3.8, 4) is 0 Å². The maximum absolute atomic E-state index is 9.94. The van der Waals surface area contributed by atoms with E-state index in [9.17, 15) is 29.8 Å². The normalized spacial score (nSPS) is 11.0. The van der Waals surface area contributed by atoms with Crippen LogP contribution >= 0.6 is 7.60 Å². The first kappa shape index (κ1) is 33.4.